The molecule has 144 valence electrons. The molecule has 0 bridgehead atoms. The van der Waals surface area contributed by atoms with Gasteiger partial charge in [0.2, 0.25) is 0 Å². The van der Waals surface area contributed by atoms with Crippen molar-refractivity contribution in [3.63, 3.8) is 0 Å². The maximum Gasteiger partial charge on any atom is 0.391 e. The summed E-state index contributed by atoms with van der Waals surface area (Å²) in [5.74, 6) is 0.0612. The standard InChI is InChI=1S/C15H13Cl2N2O5PS2/c1-9-2-3-10(7-18-9)24-25(20,21)8-19-27(22,23)14-6-11-12(16)4-5-13(17)15(11)26-14/h2-7,19H,8H2,1H3,(H,20,21). The molecule has 0 radical (unpaired) electrons. The fraction of sp³-hybridized carbons (Fsp3) is 0.133. The summed E-state index contributed by atoms with van der Waals surface area (Å²) in [5.41, 5.74) is 0.706. The fourth-order valence-corrected chi connectivity index (χ4v) is 6.60. The van der Waals surface area contributed by atoms with E-state index in [4.69, 9.17) is 27.7 Å². The number of pyridine rings is 1. The monoisotopic (exact) mass is 466 g/mol. The second-order valence-electron chi connectivity index (χ2n) is 5.51. The molecule has 27 heavy (non-hydrogen) atoms. The Balaban J connectivity index is 1.78. The normalized spacial score (nSPS) is 14.2. The molecule has 0 amide bonds. The average molecular weight is 467 g/mol. The summed E-state index contributed by atoms with van der Waals surface area (Å²) in [6.07, 6.45) is 0.474. The lowest BCUT2D eigenvalue weighted by atomic mass is 10.3. The first-order chi connectivity index (χ1) is 12.6. The minimum absolute atomic E-state index is 0.0612. The molecule has 7 nitrogen and oxygen atoms in total. The molecule has 0 aliphatic rings. The molecule has 2 aromatic heterocycles. The minimum atomic E-state index is -4.28. The van der Waals surface area contributed by atoms with Crippen LogP contribution in [0, 0.1) is 6.92 Å². The number of fused-ring (bicyclic) bond motifs is 1. The third kappa shape index (κ3) is 4.81. The van der Waals surface area contributed by atoms with Crippen LogP contribution in [0.25, 0.3) is 10.1 Å². The van der Waals surface area contributed by atoms with Gasteiger partial charge in [-0.25, -0.2) is 13.0 Å². The van der Waals surface area contributed by atoms with E-state index in [1.54, 1.807) is 25.1 Å². The van der Waals surface area contributed by atoms with Crippen molar-refractivity contribution in [2.24, 2.45) is 0 Å². The Morgan fingerprint density at radius 3 is 2.59 bits per heavy atom. The van der Waals surface area contributed by atoms with Crippen LogP contribution < -0.4 is 9.25 Å². The molecule has 1 aromatic carbocycles. The van der Waals surface area contributed by atoms with E-state index < -0.39 is 23.9 Å². The molecule has 0 saturated heterocycles. The van der Waals surface area contributed by atoms with E-state index in [0.717, 1.165) is 11.3 Å². The molecule has 2 N–H and O–H groups in total. The van der Waals surface area contributed by atoms with Crippen LogP contribution in [0.2, 0.25) is 10.0 Å². The minimum Gasteiger partial charge on any atom is -0.422 e. The van der Waals surface area contributed by atoms with Crippen LogP contribution in [-0.2, 0) is 14.6 Å². The van der Waals surface area contributed by atoms with Crippen LogP contribution in [0.15, 0.2) is 40.7 Å². The Labute approximate surface area is 169 Å². The predicted octanol–water partition coefficient (Wildman–Crippen LogP) is 4.41. The van der Waals surface area contributed by atoms with Crippen molar-refractivity contribution < 1.29 is 22.4 Å². The number of aromatic nitrogens is 1. The number of thiophene rings is 1. The lowest BCUT2D eigenvalue weighted by Crippen LogP contribution is -2.25. The number of nitrogens with one attached hydrogen (secondary N) is 1. The third-order valence-corrected chi connectivity index (χ3v) is 8.48. The number of sulfonamides is 1. The van der Waals surface area contributed by atoms with Gasteiger partial charge in [-0.3, -0.25) is 4.98 Å². The number of halogens is 2. The predicted molar refractivity (Wildman–Crippen MR) is 106 cm³/mol. The van der Waals surface area contributed by atoms with Crippen LogP contribution in [0.5, 0.6) is 5.75 Å². The molecule has 0 saturated carbocycles. The van der Waals surface area contributed by atoms with Gasteiger partial charge in [-0.05, 0) is 37.3 Å². The maximum atomic E-state index is 12.5. The summed E-state index contributed by atoms with van der Waals surface area (Å²) in [5, 5.41) is 1.21. The van der Waals surface area contributed by atoms with E-state index in [-0.39, 0.29) is 9.96 Å². The van der Waals surface area contributed by atoms with Crippen LogP contribution in [0.3, 0.4) is 0 Å². The lowest BCUT2D eigenvalue weighted by Gasteiger charge is -2.13. The molecule has 0 fully saturated rings. The molecule has 3 aromatic rings. The van der Waals surface area contributed by atoms with Crippen LogP contribution >= 0.6 is 42.1 Å². The zero-order valence-corrected chi connectivity index (χ0v) is 17.8. The third-order valence-electron chi connectivity index (χ3n) is 3.41. The maximum absolute atomic E-state index is 12.5. The molecule has 12 heteroatoms. The first-order valence-corrected chi connectivity index (χ1v) is 12.2. The Morgan fingerprint density at radius 2 is 1.96 bits per heavy atom. The highest BCUT2D eigenvalue weighted by Crippen LogP contribution is 2.42. The van der Waals surface area contributed by atoms with Crippen molar-refractivity contribution in [3.05, 3.63) is 52.3 Å². The number of hydrogen-bond donors (Lipinski definition) is 2. The zero-order chi connectivity index (χ0) is 19.8. The van der Waals surface area contributed by atoms with Gasteiger partial charge in [0.15, 0.2) is 0 Å². The van der Waals surface area contributed by atoms with Crippen LogP contribution in [-0.4, -0.2) is 24.6 Å². The number of hydrogen-bond acceptors (Lipinski definition) is 6. The van der Waals surface area contributed by atoms with E-state index in [2.05, 4.69) is 9.71 Å². The largest absolute Gasteiger partial charge is 0.422 e. The van der Waals surface area contributed by atoms with Gasteiger partial charge in [0.25, 0.3) is 10.0 Å². The Hall–Kier alpha value is -1.19. The molecular formula is C15H13Cl2N2O5PS2. The van der Waals surface area contributed by atoms with Gasteiger partial charge in [-0.2, -0.15) is 4.72 Å². The molecular weight excluding hydrogens is 454 g/mol. The second kappa shape index (κ2) is 7.67. The summed E-state index contributed by atoms with van der Waals surface area (Å²) < 4.78 is 44.6. The molecule has 2 heterocycles. The van der Waals surface area contributed by atoms with Crippen LogP contribution in [0.1, 0.15) is 5.69 Å². The molecule has 0 aliphatic heterocycles. The van der Waals surface area contributed by atoms with E-state index in [1.165, 1.54) is 18.3 Å². The van der Waals surface area contributed by atoms with E-state index in [1.807, 2.05) is 0 Å². The molecule has 3 rings (SSSR count). The number of benzene rings is 1. The molecule has 1 atom stereocenters. The SMILES string of the molecule is Cc1ccc(OP(=O)(O)CNS(=O)(=O)c2cc3c(Cl)ccc(Cl)c3s2)cn1. The second-order valence-corrected chi connectivity index (χ2v) is 11.1. The van der Waals surface area contributed by atoms with E-state index in [9.17, 15) is 17.9 Å². The highest BCUT2D eigenvalue weighted by Gasteiger charge is 2.27. The van der Waals surface area contributed by atoms with Crippen molar-refractivity contribution in [2.45, 2.75) is 11.1 Å². The number of nitrogens with zero attached hydrogens (tertiary/aromatic N) is 1. The summed E-state index contributed by atoms with van der Waals surface area (Å²) in [6.45, 7) is 1.75. The highest BCUT2D eigenvalue weighted by molar-refractivity contribution is 7.92. The number of rotatable bonds is 6. The van der Waals surface area contributed by atoms with Crippen molar-refractivity contribution in [3.8, 4) is 5.75 Å². The lowest BCUT2D eigenvalue weighted by molar-refractivity contribution is 0.377. The molecule has 1 unspecified atom stereocenters. The van der Waals surface area contributed by atoms with Crippen molar-refractivity contribution >= 4 is 62.2 Å². The van der Waals surface area contributed by atoms with Gasteiger partial charge in [0.05, 0.1) is 15.9 Å². The number of aryl methyl sites for hydroxylation is 1. The summed E-state index contributed by atoms with van der Waals surface area (Å²) in [6, 6.07) is 7.57. The Kier molecular flexibility index (Phi) is 5.84. The van der Waals surface area contributed by atoms with Gasteiger partial charge < -0.3 is 9.42 Å². The Morgan fingerprint density at radius 1 is 1.26 bits per heavy atom. The van der Waals surface area contributed by atoms with Crippen molar-refractivity contribution in [2.75, 3.05) is 6.29 Å². The van der Waals surface area contributed by atoms with Crippen LogP contribution in [0.4, 0.5) is 0 Å². The van der Waals surface area contributed by atoms with Gasteiger partial charge >= 0.3 is 7.60 Å². The first kappa shape index (κ1) is 20.5. The summed E-state index contributed by atoms with van der Waals surface area (Å²) in [4.78, 5) is 13.9. The van der Waals surface area contributed by atoms with Gasteiger partial charge in [-0.1, -0.05) is 23.2 Å². The quantitative estimate of drug-likeness (QED) is 0.521. The van der Waals surface area contributed by atoms with Crippen molar-refractivity contribution in [1.29, 1.82) is 0 Å². The smallest absolute Gasteiger partial charge is 0.391 e. The summed E-state index contributed by atoms with van der Waals surface area (Å²) in [7, 11) is -8.34. The highest BCUT2D eigenvalue weighted by atomic mass is 35.5. The molecule has 0 aliphatic carbocycles. The zero-order valence-electron chi connectivity index (χ0n) is 13.7. The van der Waals surface area contributed by atoms with E-state index in [0.29, 0.717) is 25.8 Å². The molecule has 0 spiro atoms. The topological polar surface area (TPSA) is 106 Å². The first-order valence-electron chi connectivity index (χ1n) is 7.39. The average Bonchev–Trinajstić information content (AvgIpc) is 3.06. The van der Waals surface area contributed by atoms with E-state index >= 15 is 0 Å². The van der Waals surface area contributed by atoms with Crippen molar-refractivity contribution in [1.82, 2.24) is 9.71 Å². The van der Waals surface area contributed by atoms with Gasteiger partial charge in [0.1, 0.15) is 16.2 Å². The summed E-state index contributed by atoms with van der Waals surface area (Å²) >= 11 is 13.0. The fourth-order valence-electron chi connectivity index (χ4n) is 2.11. The van der Waals surface area contributed by atoms with Gasteiger partial charge in [0, 0.05) is 16.1 Å². The van der Waals surface area contributed by atoms with Gasteiger partial charge in [-0.15, -0.1) is 11.3 Å². The Bertz CT molecular complexity index is 1110.